The van der Waals surface area contributed by atoms with Crippen molar-refractivity contribution in [2.45, 2.75) is 44.6 Å². The van der Waals surface area contributed by atoms with Gasteiger partial charge < -0.3 is 20.2 Å². The lowest BCUT2D eigenvalue weighted by Gasteiger charge is -2.28. The zero-order valence-corrected chi connectivity index (χ0v) is 21.2. The number of carboxylic acids is 2. The standard InChI is InChI=1S/C24H24ClNO9S/c1-5-6-36(33,34)17-8-13(20(25)18(12(17)3)16-7-11(2)26-35-16)21(28)19-14(22(29)30)9-24(4,23(31)32)10-15(19)27/h5,8,10,16,27H,1,6-7,9H2,2-4H3,(H,29,30)(H,31,32). The molecular weight excluding hydrogens is 514 g/mol. The Bertz CT molecular complexity index is 1400. The van der Waals surface area contributed by atoms with Crippen molar-refractivity contribution in [1.29, 1.82) is 0 Å². The van der Waals surface area contributed by atoms with E-state index in [1.165, 1.54) is 19.9 Å². The number of nitrogens with zero attached hydrogens (tertiary/aromatic N) is 1. The number of rotatable bonds is 8. The molecule has 36 heavy (non-hydrogen) atoms. The van der Waals surface area contributed by atoms with Gasteiger partial charge in [-0.2, -0.15) is 0 Å². The second-order valence-corrected chi connectivity index (χ2v) is 11.3. The van der Waals surface area contributed by atoms with Gasteiger partial charge in [-0.3, -0.25) is 9.59 Å². The molecule has 0 saturated carbocycles. The molecule has 2 aliphatic rings. The maximum absolute atomic E-state index is 13.7. The van der Waals surface area contributed by atoms with Crippen LogP contribution >= 0.6 is 11.6 Å². The fourth-order valence-corrected chi connectivity index (χ4v) is 6.02. The maximum Gasteiger partial charge on any atom is 0.332 e. The average molecular weight is 538 g/mol. The minimum absolute atomic E-state index is 0.179. The van der Waals surface area contributed by atoms with Crippen LogP contribution in [0.2, 0.25) is 5.02 Å². The summed E-state index contributed by atoms with van der Waals surface area (Å²) >= 11 is 6.60. The quantitative estimate of drug-likeness (QED) is 0.328. The molecular formula is C24H24ClNO9S. The number of hydrogen-bond donors (Lipinski definition) is 3. The molecule has 2 unspecified atom stereocenters. The Morgan fingerprint density at radius 2 is 1.94 bits per heavy atom. The first kappa shape index (κ1) is 27.2. The van der Waals surface area contributed by atoms with E-state index in [0.29, 0.717) is 5.71 Å². The first-order chi connectivity index (χ1) is 16.6. The molecule has 1 aromatic carbocycles. The molecule has 1 aliphatic carbocycles. The van der Waals surface area contributed by atoms with Crippen molar-refractivity contribution < 1.29 is 43.0 Å². The number of aliphatic carboxylic acids is 2. The second kappa shape index (κ2) is 9.55. The summed E-state index contributed by atoms with van der Waals surface area (Å²) in [7, 11) is -3.99. The fourth-order valence-electron chi connectivity index (χ4n) is 4.26. The highest BCUT2D eigenvalue weighted by molar-refractivity contribution is 7.91. The number of hydrogen-bond acceptors (Lipinski definition) is 8. The minimum atomic E-state index is -3.99. The second-order valence-electron chi connectivity index (χ2n) is 8.89. The third-order valence-electron chi connectivity index (χ3n) is 6.11. The molecule has 1 aromatic rings. The van der Waals surface area contributed by atoms with Crippen LogP contribution in [0.5, 0.6) is 0 Å². The SMILES string of the molecule is C=CCS(=O)(=O)c1cc(C(=O)C2=C(C(=O)O)CC(C)(C(=O)O)C=C2O)c(Cl)c(C2CC(C)=NO2)c1C. The summed E-state index contributed by atoms with van der Waals surface area (Å²) in [5.74, 6) is -5.41. The van der Waals surface area contributed by atoms with Gasteiger partial charge in [0, 0.05) is 17.5 Å². The zero-order valence-electron chi connectivity index (χ0n) is 19.7. The molecule has 0 saturated heterocycles. The number of halogens is 1. The molecule has 2 atom stereocenters. The summed E-state index contributed by atoms with van der Waals surface area (Å²) < 4.78 is 26.0. The summed E-state index contributed by atoms with van der Waals surface area (Å²) in [4.78, 5) is 42.5. The van der Waals surface area contributed by atoms with Crippen LogP contribution in [0, 0.1) is 12.3 Å². The fraction of sp³-hybridized carbons (Fsp3) is 0.333. The first-order valence-corrected chi connectivity index (χ1v) is 12.7. The maximum atomic E-state index is 13.7. The van der Waals surface area contributed by atoms with E-state index in [1.807, 2.05) is 0 Å². The Balaban J connectivity index is 2.31. The summed E-state index contributed by atoms with van der Waals surface area (Å²) in [5, 5.41) is 33.5. The predicted octanol–water partition coefficient (Wildman–Crippen LogP) is 3.95. The normalized spacial score (nSPS) is 21.9. The Morgan fingerprint density at radius 3 is 2.44 bits per heavy atom. The van der Waals surface area contributed by atoms with Crippen molar-refractivity contribution in [1.82, 2.24) is 0 Å². The Labute approximate surface area is 212 Å². The molecule has 0 radical (unpaired) electrons. The number of Topliss-reactive ketones (excluding diaryl/α,β-unsaturated/α-hetero) is 1. The van der Waals surface area contributed by atoms with Gasteiger partial charge in [-0.15, -0.1) is 6.58 Å². The highest BCUT2D eigenvalue weighted by atomic mass is 35.5. The molecule has 0 amide bonds. The lowest BCUT2D eigenvalue weighted by Crippen LogP contribution is -2.32. The zero-order chi connectivity index (χ0) is 27.2. The van der Waals surface area contributed by atoms with Crippen molar-refractivity contribution in [3.63, 3.8) is 0 Å². The van der Waals surface area contributed by atoms with Gasteiger partial charge in [0.05, 0.1) is 37.9 Å². The highest BCUT2D eigenvalue weighted by Gasteiger charge is 2.42. The van der Waals surface area contributed by atoms with Crippen LogP contribution in [0.15, 0.2) is 51.8 Å². The molecule has 10 nitrogen and oxygen atoms in total. The van der Waals surface area contributed by atoms with E-state index in [-0.39, 0.29) is 33.0 Å². The van der Waals surface area contributed by atoms with Crippen LogP contribution in [0.4, 0.5) is 0 Å². The average Bonchev–Trinajstić information content (AvgIpc) is 3.18. The van der Waals surface area contributed by atoms with Gasteiger partial charge in [-0.25, -0.2) is 13.2 Å². The molecule has 0 bridgehead atoms. The lowest BCUT2D eigenvalue weighted by atomic mass is 9.75. The van der Waals surface area contributed by atoms with Crippen molar-refractivity contribution in [2.75, 3.05) is 5.75 Å². The van der Waals surface area contributed by atoms with Crippen LogP contribution in [0.3, 0.4) is 0 Å². The monoisotopic (exact) mass is 537 g/mol. The van der Waals surface area contributed by atoms with Gasteiger partial charge >= 0.3 is 11.9 Å². The van der Waals surface area contributed by atoms with E-state index in [0.717, 1.165) is 12.1 Å². The smallest absolute Gasteiger partial charge is 0.332 e. The summed E-state index contributed by atoms with van der Waals surface area (Å²) in [5.41, 5.74) is -2.48. The van der Waals surface area contributed by atoms with Gasteiger partial charge in [0.15, 0.2) is 21.7 Å². The third kappa shape index (κ3) is 4.68. The van der Waals surface area contributed by atoms with Crippen molar-refractivity contribution in [3.05, 3.63) is 63.4 Å². The largest absolute Gasteiger partial charge is 0.507 e. The molecule has 0 aromatic heterocycles. The number of ketones is 1. The number of aliphatic hydroxyl groups is 1. The highest BCUT2D eigenvalue weighted by Crippen LogP contribution is 2.43. The molecule has 1 aliphatic heterocycles. The summed E-state index contributed by atoms with van der Waals surface area (Å²) in [6.45, 7) is 7.85. The Hall–Kier alpha value is -3.44. The van der Waals surface area contributed by atoms with E-state index in [1.54, 1.807) is 6.92 Å². The Morgan fingerprint density at radius 1 is 1.31 bits per heavy atom. The minimum Gasteiger partial charge on any atom is -0.507 e. The molecule has 3 rings (SSSR count). The molecule has 1 heterocycles. The van der Waals surface area contributed by atoms with Gasteiger partial charge in [0.25, 0.3) is 0 Å². The number of carbonyl (C=O) groups excluding carboxylic acids is 1. The molecule has 3 N–H and O–H groups in total. The van der Waals surface area contributed by atoms with Gasteiger partial charge in [0.1, 0.15) is 5.76 Å². The van der Waals surface area contributed by atoms with Crippen LogP contribution in [-0.2, 0) is 24.3 Å². The van der Waals surface area contributed by atoms with Gasteiger partial charge in [-0.1, -0.05) is 22.8 Å². The number of sulfone groups is 1. The van der Waals surface area contributed by atoms with Crippen LogP contribution in [-0.4, -0.2) is 52.9 Å². The topological polar surface area (TPSA) is 168 Å². The van der Waals surface area contributed by atoms with E-state index >= 15 is 0 Å². The number of oxime groups is 1. The molecule has 0 fully saturated rings. The van der Waals surface area contributed by atoms with E-state index in [2.05, 4.69) is 11.7 Å². The van der Waals surface area contributed by atoms with Crippen molar-refractivity contribution >= 4 is 44.9 Å². The van der Waals surface area contributed by atoms with Crippen molar-refractivity contribution in [2.24, 2.45) is 10.6 Å². The van der Waals surface area contributed by atoms with Crippen LogP contribution in [0.25, 0.3) is 0 Å². The Kier molecular flexibility index (Phi) is 7.20. The summed E-state index contributed by atoms with van der Waals surface area (Å²) in [6, 6.07) is 1.02. The van der Waals surface area contributed by atoms with E-state index in [4.69, 9.17) is 16.4 Å². The summed E-state index contributed by atoms with van der Waals surface area (Å²) in [6.07, 6.45) is 0.924. The molecule has 12 heteroatoms. The predicted molar refractivity (Wildman–Crippen MR) is 130 cm³/mol. The molecule has 0 spiro atoms. The van der Waals surface area contributed by atoms with Crippen LogP contribution < -0.4 is 0 Å². The van der Waals surface area contributed by atoms with E-state index < -0.39 is 68.2 Å². The number of aliphatic hydroxyl groups excluding tert-OH is 1. The third-order valence-corrected chi connectivity index (χ3v) is 8.28. The first-order valence-electron chi connectivity index (χ1n) is 10.7. The van der Waals surface area contributed by atoms with E-state index in [9.17, 15) is 38.1 Å². The lowest BCUT2D eigenvalue weighted by molar-refractivity contribution is -0.145. The van der Waals surface area contributed by atoms with Gasteiger partial charge in [-0.05, 0) is 44.9 Å². The van der Waals surface area contributed by atoms with Gasteiger partial charge in [0.2, 0.25) is 0 Å². The van der Waals surface area contributed by atoms with Crippen molar-refractivity contribution in [3.8, 4) is 0 Å². The van der Waals surface area contributed by atoms with Crippen LogP contribution in [0.1, 0.15) is 54.3 Å². The number of allylic oxidation sites excluding steroid dienone is 1. The number of carboxylic acid groups (broad SMARTS) is 2. The number of benzene rings is 1. The molecule has 192 valence electrons. The number of carbonyl (C=O) groups is 3.